The van der Waals surface area contributed by atoms with Crippen LogP contribution in [0.4, 0.5) is 10.1 Å². The molecule has 0 spiro atoms. The minimum absolute atomic E-state index is 0.0305. The molecule has 25 heavy (non-hydrogen) atoms. The number of nitrogens with zero attached hydrogens (tertiary/aromatic N) is 4. The van der Waals surface area contributed by atoms with Crippen LogP contribution in [0.25, 0.3) is 11.0 Å². The minimum atomic E-state index is -0.579. The summed E-state index contributed by atoms with van der Waals surface area (Å²) in [6.45, 7) is -0.304. The van der Waals surface area contributed by atoms with Crippen LogP contribution in [0, 0.1) is 5.82 Å². The molecule has 0 unspecified atom stereocenters. The van der Waals surface area contributed by atoms with Crippen LogP contribution < -0.4 is 10.9 Å². The number of hydrogen-bond donors (Lipinski definition) is 1. The van der Waals surface area contributed by atoms with Gasteiger partial charge in [0.25, 0.3) is 5.56 Å². The second-order valence-electron chi connectivity index (χ2n) is 4.94. The van der Waals surface area contributed by atoms with E-state index in [-0.39, 0.29) is 23.3 Å². The van der Waals surface area contributed by atoms with E-state index in [1.54, 1.807) is 6.07 Å². The Hall–Kier alpha value is -2.33. The highest BCUT2D eigenvalue weighted by Crippen LogP contribution is 2.19. The van der Waals surface area contributed by atoms with Gasteiger partial charge in [0.1, 0.15) is 24.1 Å². The average Bonchev–Trinajstić information content (AvgIpc) is 2.59. The lowest BCUT2D eigenvalue weighted by Crippen LogP contribution is -2.28. The first kappa shape index (κ1) is 17.5. The second kappa shape index (κ2) is 7.28. The van der Waals surface area contributed by atoms with Crippen LogP contribution in [0.3, 0.4) is 0 Å². The number of carbonyl (C=O) groups excluding carboxylic acids is 1. The summed E-state index contributed by atoms with van der Waals surface area (Å²) in [5.74, 6) is -1.13. The van der Waals surface area contributed by atoms with E-state index >= 15 is 0 Å². The summed E-state index contributed by atoms with van der Waals surface area (Å²) in [6.07, 6.45) is 4.43. The average molecular weight is 424 g/mol. The molecule has 0 saturated heterocycles. The van der Waals surface area contributed by atoms with E-state index in [4.69, 9.17) is 0 Å². The van der Waals surface area contributed by atoms with Crippen molar-refractivity contribution >= 4 is 50.3 Å². The minimum Gasteiger partial charge on any atom is -0.322 e. The smallest absolute Gasteiger partial charge is 0.264 e. The van der Waals surface area contributed by atoms with Gasteiger partial charge < -0.3 is 5.32 Å². The van der Waals surface area contributed by atoms with Crippen molar-refractivity contribution in [3.63, 3.8) is 0 Å². The first-order valence-electron chi connectivity index (χ1n) is 6.99. The van der Waals surface area contributed by atoms with Gasteiger partial charge in [-0.25, -0.2) is 19.3 Å². The van der Waals surface area contributed by atoms with Gasteiger partial charge in [-0.1, -0.05) is 27.7 Å². The third-order valence-electron chi connectivity index (χ3n) is 3.26. The number of aromatic nitrogens is 4. The second-order valence-corrected chi connectivity index (χ2v) is 6.63. The molecule has 3 aromatic rings. The Labute approximate surface area is 153 Å². The predicted molar refractivity (Wildman–Crippen MR) is 96.1 cm³/mol. The molecule has 1 amide bonds. The Bertz CT molecular complexity index is 1030. The summed E-state index contributed by atoms with van der Waals surface area (Å²) in [4.78, 5) is 36.8. The first-order chi connectivity index (χ1) is 12.0. The van der Waals surface area contributed by atoms with Crippen LogP contribution in [0.15, 0.2) is 45.1 Å². The van der Waals surface area contributed by atoms with Crippen molar-refractivity contribution in [2.75, 3.05) is 11.6 Å². The van der Waals surface area contributed by atoms with Crippen molar-refractivity contribution in [2.45, 2.75) is 11.7 Å². The molecule has 7 nitrogen and oxygen atoms in total. The first-order valence-corrected chi connectivity index (χ1v) is 9.01. The van der Waals surface area contributed by atoms with Crippen LogP contribution in [-0.4, -0.2) is 31.7 Å². The Balaban J connectivity index is 1.83. The summed E-state index contributed by atoms with van der Waals surface area (Å²) >= 11 is 4.47. The summed E-state index contributed by atoms with van der Waals surface area (Å²) in [5, 5.41) is 3.13. The number of carbonyl (C=O) groups is 1. The molecule has 0 radical (unpaired) electrons. The number of rotatable bonds is 4. The molecular weight excluding hydrogens is 413 g/mol. The lowest BCUT2D eigenvalue weighted by molar-refractivity contribution is -0.116. The number of hydrogen-bond acceptors (Lipinski definition) is 6. The topological polar surface area (TPSA) is 89.8 Å². The van der Waals surface area contributed by atoms with Crippen molar-refractivity contribution in [3.8, 4) is 0 Å². The molecule has 10 heteroatoms. The van der Waals surface area contributed by atoms with Gasteiger partial charge in [-0.3, -0.25) is 14.2 Å². The number of benzene rings is 1. The summed E-state index contributed by atoms with van der Waals surface area (Å²) in [5.41, 5.74) is -0.146. The molecule has 0 saturated carbocycles. The fourth-order valence-electron chi connectivity index (χ4n) is 2.08. The van der Waals surface area contributed by atoms with E-state index in [0.29, 0.717) is 9.63 Å². The Kier molecular flexibility index (Phi) is 5.09. The maximum atomic E-state index is 13.8. The van der Waals surface area contributed by atoms with Crippen molar-refractivity contribution in [1.29, 1.82) is 0 Å². The maximum Gasteiger partial charge on any atom is 0.264 e. The van der Waals surface area contributed by atoms with Crippen LogP contribution in [0.5, 0.6) is 0 Å². The summed E-state index contributed by atoms with van der Waals surface area (Å²) < 4.78 is 15.4. The number of anilines is 1. The van der Waals surface area contributed by atoms with Crippen LogP contribution in [0.2, 0.25) is 0 Å². The van der Waals surface area contributed by atoms with Gasteiger partial charge in [-0.2, -0.15) is 0 Å². The largest absolute Gasteiger partial charge is 0.322 e. The van der Waals surface area contributed by atoms with Crippen molar-refractivity contribution in [1.82, 2.24) is 19.5 Å². The van der Waals surface area contributed by atoms with Gasteiger partial charge in [-0.05, 0) is 24.5 Å². The summed E-state index contributed by atoms with van der Waals surface area (Å²) in [7, 11) is 0. The van der Waals surface area contributed by atoms with Gasteiger partial charge in [0.05, 0.1) is 5.69 Å². The molecular formula is C15H11BrFN5O2S. The molecule has 0 aliphatic carbocycles. The van der Waals surface area contributed by atoms with E-state index in [0.717, 1.165) is 4.57 Å². The van der Waals surface area contributed by atoms with E-state index in [2.05, 4.69) is 36.2 Å². The molecule has 0 fully saturated rings. The Morgan fingerprint density at radius 1 is 1.40 bits per heavy atom. The molecule has 0 aliphatic heterocycles. The van der Waals surface area contributed by atoms with Gasteiger partial charge in [0, 0.05) is 10.7 Å². The zero-order chi connectivity index (χ0) is 18.0. The van der Waals surface area contributed by atoms with Gasteiger partial charge in [-0.15, -0.1) is 0 Å². The highest BCUT2D eigenvalue weighted by Gasteiger charge is 2.12. The molecule has 1 N–H and O–H groups in total. The molecule has 0 aliphatic rings. The molecule has 2 heterocycles. The van der Waals surface area contributed by atoms with Crippen molar-refractivity contribution in [2.24, 2.45) is 0 Å². The number of thioether (sulfide) groups is 1. The van der Waals surface area contributed by atoms with Gasteiger partial charge >= 0.3 is 0 Å². The molecule has 3 rings (SSSR count). The standard InChI is InChI=1S/C15H11BrFN5O2S/c1-25-15-18-5-9-13(21-15)19-7-22(14(9)24)6-12(23)20-11-3-2-8(16)4-10(11)17/h2-5,7H,6H2,1H3,(H,20,23). The van der Waals surface area contributed by atoms with E-state index in [1.165, 1.54) is 36.4 Å². The third kappa shape index (κ3) is 3.85. The number of nitrogens with one attached hydrogen (secondary N) is 1. The maximum absolute atomic E-state index is 13.8. The van der Waals surface area contributed by atoms with Gasteiger partial charge in [0.2, 0.25) is 5.91 Å². The van der Waals surface area contributed by atoms with E-state index in [1.807, 2.05) is 6.26 Å². The lowest BCUT2D eigenvalue weighted by atomic mass is 10.3. The van der Waals surface area contributed by atoms with Crippen LogP contribution in [-0.2, 0) is 11.3 Å². The Morgan fingerprint density at radius 3 is 2.92 bits per heavy atom. The fourth-order valence-corrected chi connectivity index (χ4v) is 2.75. The molecule has 0 bridgehead atoms. The SMILES string of the molecule is CSc1ncc2c(=O)n(CC(=O)Nc3ccc(Br)cc3F)cnc2n1. The van der Waals surface area contributed by atoms with Crippen LogP contribution >= 0.6 is 27.7 Å². The molecule has 128 valence electrons. The molecule has 0 atom stereocenters. The fraction of sp³-hybridized carbons (Fsp3) is 0.133. The Morgan fingerprint density at radius 2 is 2.20 bits per heavy atom. The zero-order valence-electron chi connectivity index (χ0n) is 12.9. The quantitative estimate of drug-likeness (QED) is 0.511. The van der Waals surface area contributed by atoms with Gasteiger partial charge in [0.15, 0.2) is 10.8 Å². The third-order valence-corrected chi connectivity index (χ3v) is 4.31. The summed E-state index contributed by atoms with van der Waals surface area (Å²) in [6, 6.07) is 4.26. The van der Waals surface area contributed by atoms with Crippen molar-refractivity contribution < 1.29 is 9.18 Å². The molecule has 1 aromatic carbocycles. The van der Waals surface area contributed by atoms with E-state index in [9.17, 15) is 14.0 Å². The van der Waals surface area contributed by atoms with Crippen molar-refractivity contribution in [3.05, 3.63) is 51.4 Å². The lowest BCUT2D eigenvalue weighted by Gasteiger charge is -2.09. The number of amides is 1. The van der Waals surface area contributed by atoms with E-state index < -0.39 is 17.3 Å². The van der Waals surface area contributed by atoms with Crippen LogP contribution in [0.1, 0.15) is 0 Å². The zero-order valence-corrected chi connectivity index (χ0v) is 15.3. The number of fused-ring (bicyclic) bond motifs is 1. The number of halogens is 2. The predicted octanol–water partition coefficient (Wildman–Crippen LogP) is 2.45. The monoisotopic (exact) mass is 423 g/mol. The molecule has 2 aromatic heterocycles. The normalized spacial score (nSPS) is 10.8. The highest BCUT2D eigenvalue weighted by molar-refractivity contribution is 9.10. The highest BCUT2D eigenvalue weighted by atomic mass is 79.9.